The van der Waals surface area contributed by atoms with Gasteiger partial charge in [0.25, 0.3) is 5.91 Å². The topological polar surface area (TPSA) is 90.9 Å². The summed E-state index contributed by atoms with van der Waals surface area (Å²) in [5.74, 6) is 0.808. The van der Waals surface area contributed by atoms with Gasteiger partial charge in [0.05, 0.1) is 11.8 Å². The molecule has 13 heteroatoms. The fourth-order valence-electron chi connectivity index (χ4n) is 3.76. The summed E-state index contributed by atoms with van der Waals surface area (Å²) in [6.45, 7) is 5.24. The largest absolute Gasteiger partial charge is 0.417 e. The molecule has 4 rings (SSSR count). The van der Waals surface area contributed by atoms with E-state index >= 15 is 0 Å². The van der Waals surface area contributed by atoms with Crippen molar-refractivity contribution in [1.82, 2.24) is 20.2 Å². The number of amides is 2. The molecule has 1 unspecified atom stereocenters. The highest BCUT2D eigenvalue weighted by molar-refractivity contribution is 7.80. The van der Waals surface area contributed by atoms with Gasteiger partial charge in [0.1, 0.15) is 17.7 Å². The third-order valence-electron chi connectivity index (χ3n) is 5.73. The Kier molecular flexibility index (Phi) is 6.79. The molecule has 0 aromatic carbocycles. The van der Waals surface area contributed by atoms with Crippen LogP contribution in [0, 0.1) is 5.92 Å². The maximum absolute atomic E-state index is 12.7. The van der Waals surface area contributed by atoms with E-state index in [1.54, 1.807) is 11.0 Å². The fourth-order valence-corrected chi connectivity index (χ4v) is 4.07. The van der Waals surface area contributed by atoms with Gasteiger partial charge in [0.15, 0.2) is 10.9 Å². The number of pyridine rings is 2. The number of carbonyl (C=O) groups excluding carboxylic acids is 2. The monoisotopic (exact) mass is 508 g/mol. The molecule has 2 fully saturated rings. The second-order valence-corrected chi connectivity index (χ2v) is 8.83. The predicted octanol–water partition coefficient (Wildman–Crippen LogP) is 3.06. The highest BCUT2D eigenvalue weighted by Crippen LogP contribution is 2.29. The molecule has 2 amide bonds. The summed E-state index contributed by atoms with van der Waals surface area (Å²) >= 11 is 5.26. The van der Waals surface area contributed by atoms with E-state index in [0.717, 1.165) is 12.3 Å². The van der Waals surface area contributed by atoms with Crippen LogP contribution in [0.3, 0.4) is 0 Å². The molecule has 4 heterocycles. The average molecular weight is 509 g/mol. The maximum atomic E-state index is 12.7. The minimum absolute atomic E-state index is 0.0566. The molecule has 0 bridgehead atoms. The number of nitrogens with zero attached hydrogens (tertiary/aromatic N) is 5. The van der Waals surface area contributed by atoms with Crippen molar-refractivity contribution >= 4 is 41.0 Å². The zero-order chi connectivity index (χ0) is 25.3. The van der Waals surface area contributed by atoms with Gasteiger partial charge in [-0.05, 0) is 42.4 Å². The third-order valence-corrected chi connectivity index (χ3v) is 6.03. The Morgan fingerprint density at radius 2 is 1.74 bits per heavy atom. The van der Waals surface area contributed by atoms with Crippen LogP contribution in [0.2, 0.25) is 0 Å². The number of alkyl halides is 3. The molecule has 2 saturated heterocycles. The summed E-state index contributed by atoms with van der Waals surface area (Å²) in [5.41, 5.74) is -0.810. The van der Waals surface area contributed by atoms with Gasteiger partial charge in [-0.1, -0.05) is 13.8 Å². The van der Waals surface area contributed by atoms with E-state index in [0.29, 0.717) is 37.8 Å². The highest BCUT2D eigenvalue weighted by atomic mass is 32.1. The quantitative estimate of drug-likeness (QED) is 0.631. The van der Waals surface area contributed by atoms with E-state index < -0.39 is 23.9 Å². The van der Waals surface area contributed by atoms with Gasteiger partial charge >= 0.3 is 12.3 Å². The molecule has 2 aliphatic rings. The molecule has 35 heavy (non-hydrogen) atoms. The van der Waals surface area contributed by atoms with Gasteiger partial charge in [0, 0.05) is 32.4 Å². The molecule has 2 aromatic heterocycles. The third kappa shape index (κ3) is 5.29. The van der Waals surface area contributed by atoms with E-state index in [1.165, 1.54) is 28.1 Å². The van der Waals surface area contributed by atoms with Crippen LogP contribution in [0.25, 0.3) is 0 Å². The van der Waals surface area contributed by atoms with Crippen LogP contribution in [0.1, 0.15) is 19.4 Å². The van der Waals surface area contributed by atoms with E-state index in [9.17, 15) is 22.8 Å². The summed E-state index contributed by atoms with van der Waals surface area (Å²) in [7, 11) is 0. The van der Waals surface area contributed by atoms with Crippen molar-refractivity contribution < 1.29 is 27.5 Å². The van der Waals surface area contributed by atoms with Gasteiger partial charge in [-0.25, -0.2) is 19.7 Å². The maximum Gasteiger partial charge on any atom is 0.417 e. The Bertz CT molecular complexity index is 1100. The first-order chi connectivity index (χ1) is 16.5. The minimum Gasteiger partial charge on any atom is -0.409 e. The molecule has 0 aliphatic carbocycles. The molecule has 2 aromatic rings. The molecule has 1 N–H and O–H groups in total. The number of nitrogens with one attached hydrogen (secondary N) is 1. The number of hydrogen-bond acceptors (Lipinski definition) is 7. The molecule has 2 aliphatic heterocycles. The Labute approximate surface area is 204 Å². The molecule has 0 radical (unpaired) electrons. The van der Waals surface area contributed by atoms with E-state index in [-0.39, 0.29) is 22.7 Å². The van der Waals surface area contributed by atoms with Gasteiger partial charge in [-0.3, -0.25) is 4.79 Å². The van der Waals surface area contributed by atoms with E-state index in [4.69, 9.17) is 17.0 Å². The molecule has 9 nitrogen and oxygen atoms in total. The number of anilines is 2. The zero-order valence-electron chi connectivity index (χ0n) is 19.0. The van der Waals surface area contributed by atoms with Gasteiger partial charge in [0.2, 0.25) is 0 Å². The van der Waals surface area contributed by atoms with Crippen LogP contribution in [0.15, 0.2) is 36.7 Å². The molecule has 0 spiro atoms. The molecule has 186 valence electrons. The van der Waals surface area contributed by atoms with Crippen molar-refractivity contribution in [3.05, 3.63) is 42.2 Å². The average Bonchev–Trinajstić information content (AvgIpc) is 3.13. The van der Waals surface area contributed by atoms with E-state index in [2.05, 4.69) is 15.3 Å². The number of rotatable bonds is 4. The van der Waals surface area contributed by atoms with E-state index in [1.807, 2.05) is 13.8 Å². The number of halogens is 3. The number of piperazine rings is 1. The molecule has 0 saturated carbocycles. The van der Waals surface area contributed by atoms with Gasteiger partial charge in [-0.15, -0.1) is 0 Å². The van der Waals surface area contributed by atoms with Crippen molar-refractivity contribution in [3.8, 4) is 5.75 Å². The van der Waals surface area contributed by atoms with Gasteiger partial charge < -0.3 is 19.9 Å². The Balaban J connectivity index is 1.31. The Hall–Kier alpha value is -3.48. The SMILES string of the molecule is CC(C)C1NC(=S)N(c2ccc(OC(=O)N3CCN(c4ccc(C(F)(F)F)cn4)CC3)cn2)C1=O. The lowest BCUT2D eigenvalue weighted by molar-refractivity contribution is -0.137. The van der Waals surface area contributed by atoms with Crippen molar-refractivity contribution in [2.45, 2.75) is 26.1 Å². The summed E-state index contributed by atoms with van der Waals surface area (Å²) in [4.78, 5) is 37.9. The number of hydrogen-bond donors (Lipinski definition) is 1. The second-order valence-electron chi connectivity index (χ2n) is 8.44. The van der Waals surface area contributed by atoms with Crippen molar-refractivity contribution in [2.75, 3.05) is 36.0 Å². The first-order valence-corrected chi connectivity index (χ1v) is 11.3. The number of carbonyl (C=O) groups is 2. The highest BCUT2D eigenvalue weighted by Gasteiger charge is 2.38. The van der Waals surface area contributed by atoms with Crippen LogP contribution in [0.5, 0.6) is 5.75 Å². The van der Waals surface area contributed by atoms with Crippen LogP contribution in [-0.4, -0.2) is 64.2 Å². The number of ether oxygens (including phenoxy) is 1. The predicted molar refractivity (Wildman–Crippen MR) is 125 cm³/mol. The van der Waals surface area contributed by atoms with Crippen molar-refractivity contribution in [3.63, 3.8) is 0 Å². The van der Waals surface area contributed by atoms with Crippen LogP contribution >= 0.6 is 12.2 Å². The van der Waals surface area contributed by atoms with Crippen LogP contribution in [-0.2, 0) is 11.0 Å². The summed E-state index contributed by atoms with van der Waals surface area (Å²) in [5, 5.41) is 3.25. The molecular weight excluding hydrogens is 485 g/mol. The fraction of sp³-hybridized carbons (Fsp3) is 0.409. The summed E-state index contributed by atoms with van der Waals surface area (Å²) < 4.78 is 43.5. The molecular formula is C22H23F3N6O3S. The molecule has 1 atom stereocenters. The van der Waals surface area contributed by atoms with Crippen LogP contribution in [0.4, 0.5) is 29.6 Å². The lowest BCUT2D eigenvalue weighted by Gasteiger charge is -2.34. The lowest BCUT2D eigenvalue weighted by Crippen LogP contribution is -2.49. The van der Waals surface area contributed by atoms with Crippen molar-refractivity contribution in [2.24, 2.45) is 5.92 Å². The lowest BCUT2D eigenvalue weighted by atomic mass is 10.1. The summed E-state index contributed by atoms with van der Waals surface area (Å²) in [6, 6.07) is 4.96. The smallest absolute Gasteiger partial charge is 0.409 e. The first-order valence-electron chi connectivity index (χ1n) is 10.9. The zero-order valence-corrected chi connectivity index (χ0v) is 19.8. The van der Waals surface area contributed by atoms with Crippen molar-refractivity contribution in [1.29, 1.82) is 0 Å². The Morgan fingerprint density at radius 1 is 1.09 bits per heavy atom. The summed E-state index contributed by atoms with van der Waals surface area (Å²) in [6.07, 6.45) is -2.87. The standard InChI is InChI=1S/C22H23F3N6O3S/c1-13(2)18-19(32)31(20(35)28-18)17-6-4-15(12-27-17)34-21(33)30-9-7-29(8-10-30)16-5-3-14(11-26-16)22(23,24)25/h3-6,11-13,18H,7-10H2,1-2H3,(H,28,35). The second kappa shape index (κ2) is 9.64. The number of thiocarbonyl (C=S) groups is 1. The first kappa shape index (κ1) is 24.6. The number of aromatic nitrogens is 2. The van der Waals surface area contributed by atoms with Crippen LogP contribution < -0.4 is 19.9 Å². The minimum atomic E-state index is -4.44. The van der Waals surface area contributed by atoms with Gasteiger partial charge in [-0.2, -0.15) is 13.2 Å². The Morgan fingerprint density at radius 3 is 2.26 bits per heavy atom. The normalized spacial score (nSPS) is 18.8.